The van der Waals surface area contributed by atoms with E-state index >= 15 is 0 Å². The van der Waals surface area contributed by atoms with Gasteiger partial charge >= 0.3 is 0 Å². The first-order valence-corrected chi connectivity index (χ1v) is 11.5. The third-order valence-corrected chi connectivity index (χ3v) is 6.10. The van der Waals surface area contributed by atoms with Crippen molar-refractivity contribution in [2.24, 2.45) is 7.05 Å². The molecule has 0 unspecified atom stereocenters. The predicted molar refractivity (Wildman–Crippen MR) is 123 cm³/mol. The van der Waals surface area contributed by atoms with E-state index in [1.807, 2.05) is 44.3 Å². The molecule has 3 heterocycles. The molecule has 0 atom stereocenters. The van der Waals surface area contributed by atoms with Crippen molar-refractivity contribution in [3.05, 3.63) is 71.1 Å². The fourth-order valence-electron chi connectivity index (χ4n) is 4.30. The molecule has 0 saturated heterocycles. The highest BCUT2D eigenvalue weighted by Crippen LogP contribution is 2.28. The Morgan fingerprint density at radius 1 is 1.00 bits per heavy atom. The van der Waals surface area contributed by atoms with Gasteiger partial charge in [0.25, 0.3) is 0 Å². The van der Waals surface area contributed by atoms with E-state index < -0.39 is 0 Å². The molecular formula is C25H28N6O2. The molecule has 0 amide bonds. The summed E-state index contributed by atoms with van der Waals surface area (Å²) in [6.07, 6.45) is 7.37. The number of aryl methyl sites for hydroxylation is 2. The van der Waals surface area contributed by atoms with E-state index in [1.54, 1.807) is 4.68 Å². The van der Waals surface area contributed by atoms with E-state index in [9.17, 15) is 0 Å². The lowest BCUT2D eigenvalue weighted by atomic mass is 9.98. The molecule has 0 spiro atoms. The van der Waals surface area contributed by atoms with Crippen LogP contribution in [0.25, 0.3) is 11.4 Å². The van der Waals surface area contributed by atoms with Gasteiger partial charge in [-0.05, 0) is 50.3 Å². The Morgan fingerprint density at radius 3 is 2.61 bits per heavy atom. The molecule has 8 nitrogen and oxygen atoms in total. The molecule has 33 heavy (non-hydrogen) atoms. The van der Waals surface area contributed by atoms with Crippen molar-refractivity contribution in [3.8, 4) is 17.1 Å². The van der Waals surface area contributed by atoms with Crippen molar-refractivity contribution >= 4 is 0 Å². The van der Waals surface area contributed by atoms with Crippen molar-refractivity contribution in [2.75, 3.05) is 0 Å². The van der Waals surface area contributed by atoms with Gasteiger partial charge in [-0.15, -0.1) is 5.10 Å². The van der Waals surface area contributed by atoms with Gasteiger partial charge < -0.3 is 9.26 Å². The Hall–Kier alpha value is -3.55. The van der Waals surface area contributed by atoms with Crippen LogP contribution in [0, 0.1) is 6.92 Å². The molecule has 3 aromatic heterocycles. The maximum Gasteiger partial charge on any atom is 0.232 e. The highest BCUT2D eigenvalue weighted by Gasteiger charge is 2.20. The van der Waals surface area contributed by atoms with Gasteiger partial charge in [0, 0.05) is 13.5 Å². The van der Waals surface area contributed by atoms with Crippen molar-refractivity contribution in [3.63, 3.8) is 0 Å². The van der Waals surface area contributed by atoms with E-state index in [0.29, 0.717) is 36.4 Å². The summed E-state index contributed by atoms with van der Waals surface area (Å²) in [5.41, 5.74) is 4.35. The number of hydrogen-bond donors (Lipinski definition) is 0. The standard InChI is InChI=1S/C25H28N6O2/c1-17-22(32-19-11-7-4-8-12-19)14-13-20(26-17)25-21(31(2)30-28-25)16-24-27-23(29-33-24)15-18-9-5-3-6-10-18/h3,5-6,9-10,13-14,19H,4,7-8,11-12,15-16H2,1-2H3. The first-order chi connectivity index (χ1) is 16.2. The summed E-state index contributed by atoms with van der Waals surface area (Å²) in [4.78, 5) is 9.34. The molecule has 1 aliphatic rings. The first-order valence-electron chi connectivity index (χ1n) is 11.5. The van der Waals surface area contributed by atoms with Gasteiger partial charge in [-0.3, -0.25) is 4.68 Å². The first kappa shape index (κ1) is 21.3. The topological polar surface area (TPSA) is 91.8 Å². The molecule has 0 aliphatic heterocycles. The van der Waals surface area contributed by atoms with Crippen LogP contribution in [0.3, 0.4) is 0 Å². The molecule has 1 fully saturated rings. The minimum absolute atomic E-state index is 0.291. The molecule has 0 bridgehead atoms. The van der Waals surface area contributed by atoms with E-state index in [4.69, 9.17) is 14.2 Å². The molecule has 0 N–H and O–H groups in total. The van der Waals surface area contributed by atoms with Crippen LogP contribution in [0.5, 0.6) is 5.75 Å². The second kappa shape index (κ2) is 9.52. The fourth-order valence-corrected chi connectivity index (χ4v) is 4.30. The second-order valence-electron chi connectivity index (χ2n) is 8.61. The Morgan fingerprint density at radius 2 is 1.82 bits per heavy atom. The minimum Gasteiger partial charge on any atom is -0.489 e. The molecule has 8 heteroatoms. The summed E-state index contributed by atoms with van der Waals surface area (Å²) in [6.45, 7) is 1.98. The number of nitrogens with zero attached hydrogens (tertiary/aromatic N) is 6. The Kier molecular flexibility index (Phi) is 6.15. The van der Waals surface area contributed by atoms with Gasteiger partial charge in [-0.2, -0.15) is 4.98 Å². The molecule has 170 valence electrons. The van der Waals surface area contributed by atoms with Crippen LogP contribution < -0.4 is 4.74 Å². The largest absolute Gasteiger partial charge is 0.489 e. The normalized spacial score (nSPS) is 14.5. The summed E-state index contributed by atoms with van der Waals surface area (Å²) in [5.74, 6) is 2.03. The smallest absolute Gasteiger partial charge is 0.232 e. The average molecular weight is 445 g/mol. The maximum absolute atomic E-state index is 6.22. The summed E-state index contributed by atoms with van der Waals surface area (Å²) < 4.78 is 13.5. The highest BCUT2D eigenvalue weighted by atomic mass is 16.5. The van der Waals surface area contributed by atoms with Gasteiger partial charge in [0.05, 0.1) is 29.6 Å². The fraction of sp³-hybridized carbons (Fsp3) is 0.400. The van der Waals surface area contributed by atoms with Gasteiger partial charge in [0.15, 0.2) is 5.82 Å². The molecule has 5 rings (SSSR count). The Bertz CT molecular complexity index is 1210. The lowest BCUT2D eigenvalue weighted by Gasteiger charge is -2.23. The maximum atomic E-state index is 6.22. The Balaban J connectivity index is 1.33. The zero-order valence-corrected chi connectivity index (χ0v) is 19.1. The number of ether oxygens (including phenoxy) is 1. The molecular weight excluding hydrogens is 416 g/mol. The summed E-state index contributed by atoms with van der Waals surface area (Å²) in [7, 11) is 1.86. The van der Waals surface area contributed by atoms with Crippen LogP contribution in [0.1, 0.15) is 60.8 Å². The van der Waals surface area contributed by atoms with Crippen LogP contribution in [0.2, 0.25) is 0 Å². The van der Waals surface area contributed by atoms with Gasteiger partial charge in [-0.25, -0.2) is 4.98 Å². The summed E-state index contributed by atoms with van der Waals surface area (Å²) in [5, 5.41) is 12.7. The van der Waals surface area contributed by atoms with Crippen LogP contribution in [0.4, 0.5) is 0 Å². The zero-order valence-electron chi connectivity index (χ0n) is 19.1. The quantitative estimate of drug-likeness (QED) is 0.415. The van der Waals surface area contributed by atoms with Crippen molar-refractivity contribution < 1.29 is 9.26 Å². The molecule has 1 aliphatic carbocycles. The number of aromatic nitrogens is 6. The van der Waals surface area contributed by atoms with Crippen molar-refractivity contribution in [1.29, 1.82) is 0 Å². The number of pyridine rings is 1. The molecule has 0 radical (unpaired) electrons. The lowest BCUT2D eigenvalue weighted by Crippen LogP contribution is -2.20. The highest BCUT2D eigenvalue weighted by molar-refractivity contribution is 5.58. The summed E-state index contributed by atoms with van der Waals surface area (Å²) in [6, 6.07) is 14.0. The molecule has 1 aromatic carbocycles. The Labute approximate surface area is 193 Å². The second-order valence-corrected chi connectivity index (χ2v) is 8.61. The average Bonchev–Trinajstić information content (AvgIpc) is 3.43. The lowest BCUT2D eigenvalue weighted by molar-refractivity contribution is 0.153. The summed E-state index contributed by atoms with van der Waals surface area (Å²) >= 11 is 0. The molecule has 4 aromatic rings. The third-order valence-electron chi connectivity index (χ3n) is 6.10. The van der Waals surface area contributed by atoms with Crippen molar-refractivity contribution in [1.82, 2.24) is 30.1 Å². The third kappa shape index (κ3) is 4.94. The van der Waals surface area contributed by atoms with Gasteiger partial charge in [0.1, 0.15) is 11.4 Å². The minimum atomic E-state index is 0.291. The predicted octanol–water partition coefficient (Wildman–Crippen LogP) is 4.46. The van der Waals surface area contributed by atoms with Gasteiger partial charge in [0.2, 0.25) is 5.89 Å². The van der Waals surface area contributed by atoms with Crippen LogP contribution >= 0.6 is 0 Å². The zero-order chi connectivity index (χ0) is 22.6. The number of benzene rings is 1. The van der Waals surface area contributed by atoms with E-state index in [1.165, 1.54) is 19.3 Å². The monoisotopic (exact) mass is 444 g/mol. The van der Waals surface area contributed by atoms with E-state index in [2.05, 4.69) is 32.6 Å². The number of rotatable bonds is 7. The van der Waals surface area contributed by atoms with E-state index in [0.717, 1.165) is 41.2 Å². The van der Waals surface area contributed by atoms with Crippen LogP contribution in [-0.2, 0) is 19.9 Å². The molecule has 1 saturated carbocycles. The van der Waals surface area contributed by atoms with Crippen LogP contribution in [-0.4, -0.2) is 36.2 Å². The van der Waals surface area contributed by atoms with Crippen LogP contribution in [0.15, 0.2) is 47.0 Å². The van der Waals surface area contributed by atoms with E-state index in [-0.39, 0.29) is 0 Å². The SMILES string of the molecule is Cc1nc(-c2nnn(C)c2Cc2nc(Cc3ccccc3)no2)ccc1OC1CCCCC1. The van der Waals surface area contributed by atoms with Gasteiger partial charge in [-0.1, -0.05) is 47.1 Å². The van der Waals surface area contributed by atoms with Crippen molar-refractivity contribution in [2.45, 2.75) is 58.0 Å². The number of hydrogen-bond acceptors (Lipinski definition) is 7.